The Morgan fingerprint density at radius 2 is 2.04 bits per heavy atom. The summed E-state index contributed by atoms with van der Waals surface area (Å²) in [5.74, 6) is -0.378. The normalized spacial score (nSPS) is 16.4. The molecule has 24 heavy (non-hydrogen) atoms. The first kappa shape index (κ1) is 17.0. The van der Waals surface area contributed by atoms with Gasteiger partial charge in [-0.15, -0.1) is 11.3 Å². The molecule has 3 rings (SSSR count). The summed E-state index contributed by atoms with van der Waals surface area (Å²) in [6.45, 7) is 6.30. The maximum atomic E-state index is 13.0. The first-order valence-corrected chi connectivity index (χ1v) is 8.94. The van der Waals surface area contributed by atoms with Crippen LogP contribution in [0.2, 0.25) is 0 Å². The SMILES string of the molecule is CCC(C(=O)N1CCOCC1)n1c(C(=O)OC)cc2sc(C)cc21. The number of rotatable bonds is 4. The van der Waals surface area contributed by atoms with Gasteiger partial charge in [-0.05, 0) is 25.5 Å². The quantitative estimate of drug-likeness (QED) is 0.795. The monoisotopic (exact) mass is 350 g/mol. The molecule has 1 aliphatic heterocycles. The molecule has 1 saturated heterocycles. The van der Waals surface area contributed by atoms with Gasteiger partial charge in [0.15, 0.2) is 0 Å². The van der Waals surface area contributed by atoms with Crippen LogP contribution in [0, 0.1) is 6.92 Å². The molecule has 1 aliphatic rings. The molecule has 7 heteroatoms. The zero-order valence-electron chi connectivity index (χ0n) is 14.2. The van der Waals surface area contributed by atoms with E-state index in [9.17, 15) is 9.59 Å². The molecule has 6 nitrogen and oxygen atoms in total. The van der Waals surface area contributed by atoms with Crippen molar-refractivity contribution in [1.29, 1.82) is 0 Å². The number of nitrogens with zero attached hydrogens (tertiary/aromatic N) is 2. The Kier molecular flexibility index (Phi) is 4.91. The van der Waals surface area contributed by atoms with Crippen LogP contribution in [0.5, 0.6) is 0 Å². The molecule has 1 atom stereocenters. The van der Waals surface area contributed by atoms with Crippen LogP contribution < -0.4 is 0 Å². The van der Waals surface area contributed by atoms with Crippen molar-refractivity contribution < 1.29 is 19.1 Å². The molecule has 1 fully saturated rings. The number of amides is 1. The first-order chi connectivity index (χ1) is 11.6. The minimum Gasteiger partial charge on any atom is -0.464 e. The van der Waals surface area contributed by atoms with Crippen LogP contribution in [0.3, 0.4) is 0 Å². The predicted molar refractivity (Wildman–Crippen MR) is 92.6 cm³/mol. The molecular weight excluding hydrogens is 328 g/mol. The fraction of sp³-hybridized carbons (Fsp3) is 0.529. The lowest BCUT2D eigenvalue weighted by atomic mass is 10.1. The Labute approximate surface area is 144 Å². The zero-order chi connectivity index (χ0) is 17.3. The number of esters is 1. The molecule has 2 aromatic rings. The summed E-state index contributed by atoms with van der Waals surface area (Å²) in [5.41, 5.74) is 1.36. The van der Waals surface area contributed by atoms with Crippen LogP contribution in [0.15, 0.2) is 12.1 Å². The number of fused-ring (bicyclic) bond motifs is 1. The number of hydrogen-bond acceptors (Lipinski definition) is 5. The van der Waals surface area contributed by atoms with Gasteiger partial charge >= 0.3 is 5.97 Å². The second-order valence-electron chi connectivity index (χ2n) is 5.86. The Bertz CT molecular complexity index is 758. The van der Waals surface area contributed by atoms with Crippen molar-refractivity contribution in [3.63, 3.8) is 0 Å². The predicted octanol–water partition coefficient (Wildman–Crippen LogP) is 2.61. The lowest BCUT2D eigenvalue weighted by Crippen LogP contribution is -2.44. The van der Waals surface area contributed by atoms with Gasteiger partial charge in [-0.2, -0.15) is 0 Å². The van der Waals surface area contributed by atoms with Crippen LogP contribution >= 0.6 is 11.3 Å². The Morgan fingerprint density at radius 3 is 2.67 bits per heavy atom. The molecule has 130 valence electrons. The van der Waals surface area contributed by atoms with E-state index in [-0.39, 0.29) is 5.91 Å². The van der Waals surface area contributed by atoms with Gasteiger partial charge in [-0.1, -0.05) is 6.92 Å². The van der Waals surface area contributed by atoms with Crippen molar-refractivity contribution in [2.45, 2.75) is 26.3 Å². The van der Waals surface area contributed by atoms with Gasteiger partial charge in [0.2, 0.25) is 5.91 Å². The molecule has 0 radical (unpaired) electrons. The number of methoxy groups -OCH3 is 1. The summed E-state index contributed by atoms with van der Waals surface area (Å²) >= 11 is 1.62. The number of thiophene rings is 1. The maximum Gasteiger partial charge on any atom is 0.354 e. The van der Waals surface area contributed by atoms with Crippen LogP contribution in [-0.4, -0.2) is 54.8 Å². The van der Waals surface area contributed by atoms with Gasteiger partial charge < -0.3 is 18.9 Å². The molecule has 1 amide bonds. The summed E-state index contributed by atoms with van der Waals surface area (Å²) in [4.78, 5) is 28.2. The molecule has 0 spiro atoms. The molecule has 0 bridgehead atoms. The number of carbonyl (C=O) groups is 2. The summed E-state index contributed by atoms with van der Waals surface area (Å²) in [5, 5.41) is 0. The van der Waals surface area contributed by atoms with E-state index in [4.69, 9.17) is 9.47 Å². The van der Waals surface area contributed by atoms with E-state index in [1.165, 1.54) is 7.11 Å². The summed E-state index contributed by atoms with van der Waals surface area (Å²) in [6.07, 6.45) is 0.610. The van der Waals surface area contributed by atoms with E-state index in [1.807, 2.05) is 35.4 Å². The molecule has 3 heterocycles. The molecule has 0 N–H and O–H groups in total. The lowest BCUT2D eigenvalue weighted by molar-refractivity contribution is -0.138. The Hall–Kier alpha value is -1.86. The van der Waals surface area contributed by atoms with Crippen molar-refractivity contribution in [3.05, 3.63) is 22.7 Å². The highest BCUT2D eigenvalue weighted by molar-refractivity contribution is 7.19. The molecular formula is C17H22N2O4S. The molecule has 1 unspecified atom stereocenters. The highest BCUT2D eigenvalue weighted by Gasteiger charge is 2.30. The fourth-order valence-corrected chi connectivity index (χ4v) is 4.14. The second-order valence-corrected chi connectivity index (χ2v) is 7.15. The van der Waals surface area contributed by atoms with E-state index in [1.54, 1.807) is 11.3 Å². The molecule has 0 aliphatic carbocycles. The highest BCUT2D eigenvalue weighted by atomic mass is 32.1. The number of aryl methyl sites for hydroxylation is 1. The minimum absolute atomic E-state index is 0.0345. The minimum atomic E-state index is -0.413. The topological polar surface area (TPSA) is 60.8 Å². The first-order valence-electron chi connectivity index (χ1n) is 8.13. The van der Waals surface area contributed by atoms with Crippen molar-refractivity contribution in [3.8, 4) is 0 Å². The van der Waals surface area contributed by atoms with Crippen molar-refractivity contribution in [2.24, 2.45) is 0 Å². The maximum absolute atomic E-state index is 13.0. The van der Waals surface area contributed by atoms with Crippen molar-refractivity contribution in [1.82, 2.24) is 9.47 Å². The largest absolute Gasteiger partial charge is 0.464 e. The summed E-state index contributed by atoms with van der Waals surface area (Å²) in [6, 6.07) is 3.44. The smallest absolute Gasteiger partial charge is 0.354 e. The Balaban J connectivity index is 2.06. The lowest BCUT2D eigenvalue weighted by Gasteiger charge is -2.31. The fourth-order valence-electron chi connectivity index (χ4n) is 3.19. The van der Waals surface area contributed by atoms with E-state index < -0.39 is 12.0 Å². The number of aromatic nitrogens is 1. The van der Waals surface area contributed by atoms with Crippen molar-refractivity contribution in [2.75, 3.05) is 33.4 Å². The average Bonchev–Trinajstić information content (AvgIpc) is 3.12. The standard InChI is InChI=1S/C17H22N2O4S/c1-4-12(16(20)18-5-7-23-8-6-18)19-13-9-11(2)24-15(13)10-14(19)17(21)22-3/h9-10,12H,4-8H2,1-3H3. The van der Waals surface area contributed by atoms with Gasteiger partial charge in [0.05, 0.1) is 30.5 Å². The summed E-state index contributed by atoms with van der Waals surface area (Å²) < 4.78 is 13.1. The number of carbonyl (C=O) groups excluding carboxylic acids is 2. The van der Waals surface area contributed by atoms with Gasteiger partial charge in [-0.25, -0.2) is 4.79 Å². The second kappa shape index (κ2) is 6.94. The highest BCUT2D eigenvalue weighted by Crippen LogP contribution is 2.33. The molecule has 0 saturated carbocycles. The average molecular weight is 350 g/mol. The van der Waals surface area contributed by atoms with Gasteiger partial charge in [0.25, 0.3) is 0 Å². The summed E-state index contributed by atoms with van der Waals surface area (Å²) in [7, 11) is 1.36. The van der Waals surface area contributed by atoms with Gasteiger partial charge in [0.1, 0.15) is 11.7 Å². The third-order valence-electron chi connectivity index (χ3n) is 4.35. The van der Waals surface area contributed by atoms with Crippen molar-refractivity contribution >= 4 is 33.4 Å². The molecule has 2 aromatic heterocycles. The van der Waals surface area contributed by atoms with Crippen LogP contribution in [0.25, 0.3) is 10.2 Å². The van der Waals surface area contributed by atoms with Gasteiger partial charge in [-0.3, -0.25) is 4.79 Å². The molecule has 0 aromatic carbocycles. The van der Waals surface area contributed by atoms with Crippen LogP contribution in [0.1, 0.15) is 34.8 Å². The number of morpholine rings is 1. The van der Waals surface area contributed by atoms with E-state index in [0.29, 0.717) is 38.4 Å². The van der Waals surface area contributed by atoms with Crippen LogP contribution in [0.4, 0.5) is 0 Å². The number of ether oxygens (including phenoxy) is 2. The van der Waals surface area contributed by atoms with Gasteiger partial charge in [0, 0.05) is 18.0 Å². The van der Waals surface area contributed by atoms with E-state index in [0.717, 1.165) is 15.1 Å². The van der Waals surface area contributed by atoms with E-state index >= 15 is 0 Å². The Morgan fingerprint density at radius 1 is 1.33 bits per heavy atom. The zero-order valence-corrected chi connectivity index (χ0v) is 15.0. The third kappa shape index (κ3) is 2.93. The van der Waals surface area contributed by atoms with E-state index in [2.05, 4.69) is 0 Å². The van der Waals surface area contributed by atoms with Crippen LogP contribution in [-0.2, 0) is 14.3 Å². The number of hydrogen-bond donors (Lipinski definition) is 0. The third-order valence-corrected chi connectivity index (χ3v) is 5.34.